The highest BCUT2D eigenvalue weighted by atomic mass is 16.3. The summed E-state index contributed by atoms with van der Waals surface area (Å²) in [5.74, 6) is -0.0359. The van der Waals surface area contributed by atoms with Crippen molar-refractivity contribution in [3.8, 4) is 0 Å². The number of nitrogens with one attached hydrogen (secondary N) is 1. The largest absolute Gasteiger partial charge is 0.394 e. The highest BCUT2D eigenvalue weighted by Gasteiger charge is 2.19. The molecule has 0 aromatic rings. The Kier molecular flexibility index (Phi) is 46.3. The first-order valence-corrected chi connectivity index (χ1v) is 25.0. The van der Waals surface area contributed by atoms with Crippen molar-refractivity contribution in [1.82, 2.24) is 5.32 Å². The van der Waals surface area contributed by atoms with Gasteiger partial charge < -0.3 is 15.5 Å². The Labute approximate surface area is 345 Å². The molecule has 4 nitrogen and oxygen atoms in total. The van der Waals surface area contributed by atoms with E-state index < -0.39 is 12.1 Å². The van der Waals surface area contributed by atoms with Crippen molar-refractivity contribution in [3.63, 3.8) is 0 Å². The molecular formula is C51H99NO3. The second-order valence-electron chi connectivity index (χ2n) is 17.2. The number of carbonyl (C=O) groups excluding carboxylic acids is 1. The standard InChI is InChI=1S/C51H99NO3/c1-3-5-7-9-10-11-12-13-14-15-16-17-18-19-20-21-22-23-24-25-26-27-28-29-30-31-32-33-34-35-36-37-38-39-40-41-42-43-45-47-51(55)52-49(48-53)50(54)46-44-8-6-4-2/h12-13,15-16,49-50,53-54H,3-11,14,17-48H2,1-2H3,(H,52,55)/b13-12-,16-15-. The molecule has 0 saturated carbocycles. The maximum Gasteiger partial charge on any atom is 0.220 e. The molecule has 0 spiro atoms. The summed E-state index contributed by atoms with van der Waals surface area (Å²) in [5, 5.41) is 22.7. The van der Waals surface area contributed by atoms with Gasteiger partial charge in [0.25, 0.3) is 0 Å². The van der Waals surface area contributed by atoms with Crippen molar-refractivity contribution >= 4 is 5.91 Å². The van der Waals surface area contributed by atoms with Crippen LogP contribution in [0.2, 0.25) is 0 Å². The van der Waals surface area contributed by atoms with Gasteiger partial charge in [0.05, 0.1) is 18.8 Å². The number of unbranched alkanes of at least 4 members (excludes halogenated alkanes) is 35. The van der Waals surface area contributed by atoms with Gasteiger partial charge in [0.1, 0.15) is 0 Å². The summed E-state index contributed by atoms with van der Waals surface area (Å²) < 4.78 is 0. The van der Waals surface area contributed by atoms with Crippen LogP contribution in [0.5, 0.6) is 0 Å². The third-order valence-corrected chi connectivity index (χ3v) is 11.7. The van der Waals surface area contributed by atoms with Crippen LogP contribution in [-0.4, -0.2) is 34.9 Å². The molecule has 3 N–H and O–H groups in total. The van der Waals surface area contributed by atoms with Gasteiger partial charge >= 0.3 is 0 Å². The van der Waals surface area contributed by atoms with Crippen molar-refractivity contribution in [2.45, 2.75) is 289 Å². The molecule has 0 rings (SSSR count). The highest BCUT2D eigenvalue weighted by Crippen LogP contribution is 2.17. The van der Waals surface area contributed by atoms with Gasteiger partial charge in [-0.2, -0.15) is 0 Å². The molecule has 55 heavy (non-hydrogen) atoms. The molecule has 0 fully saturated rings. The van der Waals surface area contributed by atoms with Crippen LogP contribution in [0.3, 0.4) is 0 Å². The summed E-state index contributed by atoms with van der Waals surface area (Å²) in [5.41, 5.74) is 0. The lowest BCUT2D eigenvalue weighted by Crippen LogP contribution is -2.45. The average Bonchev–Trinajstić information content (AvgIpc) is 3.19. The van der Waals surface area contributed by atoms with Crippen LogP contribution in [-0.2, 0) is 4.79 Å². The molecular weight excluding hydrogens is 675 g/mol. The molecule has 2 atom stereocenters. The molecule has 0 heterocycles. The molecule has 0 aliphatic rings. The van der Waals surface area contributed by atoms with Gasteiger partial charge in [0.2, 0.25) is 5.91 Å². The molecule has 0 aromatic heterocycles. The van der Waals surface area contributed by atoms with Crippen LogP contribution in [0.1, 0.15) is 277 Å². The molecule has 0 saturated heterocycles. The number of amides is 1. The summed E-state index contributed by atoms with van der Waals surface area (Å²) in [7, 11) is 0. The normalized spacial score (nSPS) is 13.0. The van der Waals surface area contributed by atoms with Crippen molar-refractivity contribution in [3.05, 3.63) is 24.3 Å². The third kappa shape index (κ3) is 43.8. The first-order chi connectivity index (χ1) is 27.2. The summed E-state index contributed by atoms with van der Waals surface area (Å²) in [6.45, 7) is 4.25. The minimum Gasteiger partial charge on any atom is -0.394 e. The smallest absolute Gasteiger partial charge is 0.220 e. The Balaban J connectivity index is 3.26. The molecule has 0 aromatic carbocycles. The van der Waals surface area contributed by atoms with Gasteiger partial charge in [0.15, 0.2) is 0 Å². The second kappa shape index (κ2) is 47.2. The molecule has 0 aliphatic heterocycles. The van der Waals surface area contributed by atoms with E-state index in [1.165, 1.54) is 212 Å². The van der Waals surface area contributed by atoms with E-state index in [0.717, 1.165) is 38.5 Å². The number of aliphatic hydroxyl groups is 2. The summed E-state index contributed by atoms with van der Waals surface area (Å²) in [6, 6.07) is -0.528. The lowest BCUT2D eigenvalue weighted by atomic mass is 10.0. The lowest BCUT2D eigenvalue weighted by Gasteiger charge is -2.22. The van der Waals surface area contributed by atoms with Gasteiger partial charge in [-0.3, -0.25) is 4.79 Å². The average molecular weight is 774 g/mol. The molecule has 0 aliphatic carbocycles. The second-order valence-corrected chi connectivity index (χ2v) is 17.2. The molecule has 1 amide bonds. The van der Waals surface area contributed by atoms with Crippen LogP contribution >= 0.6 is 0 Å². The van der Waals surface area contributed by atoms with Crippen molar-refractivity contribution in [2.24, 2.45) is 0 Å². The Bertz CT molecular complexity index is 795. The number of aliphatic hydroxyl groups excluding tert-OH is 2. The number of hydrogen-bond donors (Lipinski definition) is 3. The van der Waals surface area contributed by atoms with Gasteiger partial charge in [-0.05, 0) is 44.9 Å². The monoisotopic (exact) mass is 774 g/mol. The van der Waals surface area contributed by atoms with Crippen LogP contribution < -0.4 is 5.32 Å². The Hall–Kier alpha value is -1.13. The number of hydrogen-bond acceptors (Lipinski definition) is 3. The fourth-order valence-corrected chi connectivity index (χ4v) is 7.86. The van der Waals surface area contributed by atoms with Crippen LogP contribution in [0.15, 0.2) is 24.3 Å². The van der Waals surface area contributed by atoms with E-state index >= 15 is 0 Å². The van der Waals surface area contributed by atoms with Crippen LogP contribution in [0.4, 0.5) is 0 Å². The SMILES string of the molecule is CCCCCCC/C=C\C/C=C\CCCCCCCCCCCCCCCCCCCCCCCCCCCCCC(=O)NC(CO)C(O)CCCCCC. The number of rotatable bonds is 46. The van der Waals surface area contributed by atoms with Crippen molar-refractivity contribution < 1.29 is 15.0 Å². The topological polar surface area (TPSA) is 69.6 Å². The Morgan fingerprint density at radius 3 is 1.09 bits per heavy atom. The third-order valence-electron chi connectivity index (χ3n) is 11.7. The fourth-order valence-electron chi connectivity index (χ4n) is 7.86. The predicted molar refractivity (Wildman–Crippen MR) is 244 cm³/mol. The number of carbonyl (C=O) groups is 1. The van der Waals surface area contributed by atoms with E-state index in [-0.39, 0.29) is 12.5 Å². The van der Waals surface area contributed by atoms with Gasteiger partial charge in [-0.25, -0.2) is 0 Å². The van der Waals surface area contributed by atoms with E-state index in [2.05, 4.69) is 43.5 Å². The molecule has 0 bridgehead atoms. The zero-order chi connectivity index (χ0) is 40.0. The first-order valence-electron chi connectivity index (χ1n) is 25.0. The molecule has 2 unspecified atom stereocenters. The van der Waals surface area contributed by atoms with Crippen molar-refractivity contribution in [1.29, 1.82) is 0 Å². The Morgan fingerprint density at radius 2 is 0.745 bits per heavy atom. The molecule has 4 heteroatoms. The van der Waals surface area contributed by atoms with E-state index in [4.69, 9.17) is 0 Å². The maximum absolute atomic E-state index is 12.2. The molecule has 0 radical (unpaired) electrons. The first kappa shape index (κ1) is 53.9. The predicted octanol–water partition coefficient (Wildman–Crippen LogP) is 16.0. The summed E-state index contributed by atoms with van der Waals surface area (Å²) in [6.07, 6.45) is 62.2. The summed E-state index contributed by atoms with van der Waals surface area (Å²) in [4.78, 5) is 12.2. The zero-order valence-electron chi connectivity index (χ0n) is 37.5. The van der Waals surface area contributed by atoms with Gasteiger partial charge in [-0.1, -0.05) is 250 Å². The number of allylic oxidation sites excluding steroid dienone is 4. The van der Waals surface area contributed by atoms with Gasteiger partial charge in [-0.15, -0.1) is 0 Å². The highest BCUT2D eigenvalue weighted by molar-refractivity contribution is 5.76. The van der Waals surface area contributed by atoms with Crippen LogP contribution in [0.25, 0.3) is 0 Å². The fraction of sp³-hybridized carbons (Fsp3) is 0.902. The molecule has 326 valence electrons. The van der Waals surface area contributed by atoms with Crippen LogP contribution in [0, 0.1) is 0 Å². The quantitative estimate of drug-likeness (QED) is 0.0426. The van der Waals surface area contributed by atoms with Gasteiger partial charge in [0, 0.05) is 6.42 Å². The maximum atomic E-state index is 12.2. The summed E-state index contributed by atoms with van der Waals surface area (Å²) >= 11 is 0. The minimum absolute atomic E-state index is 0.0359. The van der Waals surface area contributed by atoms with E-state index in [9.17, 15) is 15.0 Å². The lowest BCUT2D eigenvalue weighted by molar-refractivity contribution is -0.123. The Morgan fingerprint density at radius 1 is 0.436 bits per heavy atom. The van der Waals surface area contributed by atoms with Crippen molar-refractivity contribution in [2.75, 3.05) is 6.61 Å². The minimum atomic E-state index is -0.651. The zero-order valence-corrected chi connectivity index (χ0v) is 37.5. The van der Waals surface area contributed by atoms with E-state index in [0.29, 0.717) is 12.8 Å². The van der Waals surface area contributed by atoms with E-state index in [1.807, 2.05) is 0 Å². The van der Waals surface area contributed by atoms with E-state index in [1.54, 1.807) is 0 Å².